The SMILES string of the molecule is O=C1C2=NCCN=C(c3ccccc3)[C@@H]2[C@H](c2ccccc2)N1c1ccccc1. The van der Waals surface area contributed by atoms with Crippen LogP contribution in [-0.4, -0.2) is 30.4 Å². The summed E-state index contributed by atoms with van der Waals surface area (Å²) < 4.78 is 0. The van der Waals surface area contributed by atoms with Crippen molar-refractivity contribution < 1.29 is 4.79 Å². The number of aliphatic imine (C=N–C) groups is 2. The summed E-state index contributed by atoms with van der Waals surface area (Å²) in [5.74, 6) is -0.226. The fourth-order valence-corrected chi connectivity index (χ4v) is 4.30. The van der Waals surface area contributed by atoms with Crippen molar-refractivity contribution in [2.24, 2.45) is 15.9 Å². The summed E-state index contributed by atoms with van der Waals surface area (Å²) in [7, 11) is 0. The van der Waals surface area contributed by atoms with Gasteiger partial charge in [0.15, 0.2) is 0 Å². The van der Waals surface area contributed by atoms with E-state index >= 15 is 0 Å². The van der Waals surface area contributed by atoms with Crippen molar-refractivity contribution in [3.8, 4) is 0 Å². The molecule has 4 heteroatoms. The average molecular weight is 379 g/mol. The van der Waals surface area contributed by atoms with Crippen LogP contribution in [0.15, 0.2) is 101 Å². The summed E-state index contributed by atoms with van der Waals surface area (Å²) in [5.41, 5.74) is 4.58. The number of para-hydroxylation sites is 1. The Hall–Kier alpha value is -3.53. The Morgan fingerprint density at radius 1 is 0.690 bits per heavy atom. The first-order chi connectivity index (χ1) is 14.3. The van der Waals surface area contributed by atoms with E-state index in [1.807, 2.05) is 71.6 Å². The van der Waals surface area contributed by atoms with Crippen LogP contribution in [0, 0.1) is 5.92 Å². The molecule has 29 heavy (non-hydrogen) atoms. The van der Waals surface area contributed by atoms with Gasteiger partial charge in [-0.25, -0.2) is 0 Å². The Kier molecular flexibility index (Phi) is 4.53. The number of carbonyl (C=O) groups excluding carboxylic acids is 1. The molecule has 0 aromatic heterocycles. The van der Waals surface area contributed by atoms with Crippen molar-refractivity contribution in [3.63, 3.8) is 0 Å². The monoisotopic (exact) mass is 379 g/mol. The van der Waals surface area contributed by atoms with E-state index in [0.717, 1.165) is 22.5 Å². The van der Waals surface area contributed by atoms with Crippen LogP contribution in [0.1, 0.15) is 17.2 Å². The predicted molar refractivity (Wildman–Crippen MR) is 117 cm³/mol. The molecule has 2 aliphatic rings. The maximum absolute atomic E-state index is 13.6. The minimum Gasteiger partial charge on any atom is -0.299 e. The van der Waals surface area contributed by atoms with E-state index in [1.54, 1.807) is 0 Å². The van der Waals surface area contributed by atoms with Gasteiger partial charge in [0.2, 0.25) is 0 Å². The molecule has 2 heterocycles. The van der Waals surface area contributed by atoms with E-state index < -0.39 is 0 Å². The maximum atomic E-state index is 13.6. The highest BCUT2D eigenvalue weighted by atomic mass is 16.2. The van der Waals surface area contributed by atoms with Crippen LogP contribution in [0.5, 0.6) is 0 Å². The minimum atomic E-state index is -0.199. The third-order valence-electron chi connectivity index (χ3n) is 5.53. The van der Waals surface area contributed by atoms with Gasteiger partial charge in [0.1, 0.15) is 5.71 Å². The topological polar surface area (TPSA) is 45.0 Å². The molecular weight excluding hydrogens is 358 g/mol. The molecule has 0 aliphatic carbocycles. The number of fused-ring (bicyclic) bond motifs is 1. The second kappa shape index (κ2) is 7.47. The van der Waals surface area contributed by atoms with Gasteiger partial charge in [-0.3, -0.25) is 19.7 Å². The molecule has 0 spiro atoms. The first-order valence-electron chi connectivity index (χ1n) is 9.92. The van der Waals surface area contributed by atoms with Crippen LogP contribution in [0.25, 0.3) is 0 Å². The summed E-state index contributed by atoms with van der Waals surface area (Å²) >= 11 is 0. The van der Waals surface area contributed by atoms with Crippen LogP contribution in [0.3, 0.4) is 0 Å². The van der Waals surface area contributed by atoms with Gasteiger partial charge in [0, 0.05) is 5.69 Å². The molecule has 1 fully saturated rings. The Labute approximate surface area is 170 Å². The van der Waals surface area contributed by atoms with E-state index in [9.17, 15) is 4.79 Å². The van der Waals surface area contributed by atoms with Crippen molar-refractivity contribution in [3.05, 3.63) is 102 Å². The summed E-state index contributed by atoms with van der Waals surface area (Å²) in [6.45, 7) is 1.14. The number of benzene rings is 3. The Bertz CT molecular complexity index is 1070. The zero-order valence-corrected chi connectivity index (χ0v) is 16.0. The molecule has 1 amide bonds. The molecule has 2 atom stereocenters. The number of anilines is 1. The summed E-state index contributed by atoms with van der Waals surface area (Å²) in [6.07, 6.45) is 0. The van der Waals surface area contributed by atoms with Gasteiger partial charge < -0.3 is 0 Å². The van der Waals surface area contributed by atoms with E-state index in [4.69, 9.17) is 9.98 Å². The zero-order valence-electron chi connectivity index (χ0n) is 16.0. The Balaban J connectivity index is 1.72. The van der Waals surface area contributed by atoms with Gasteiger partial charge in [-0.2, -0.15) is 0 Å². The van der Waals surface area contributed by atoms with Crippen LogP contribution in [0.4, 0.5) is 5.69 Å². The number of hydrogen-bond donors (Lipinski definition) is 0. The summed E-state index contributed by atoms with van der Waals surface area (Å²) in [4.78, 5) is 25.1. The van der Waals surface area contributed by atoms with E-state index in [0.29, 0.717) is 18.8 Å². The Morgan fingerprint density at radius 2 is 1.24 bits per heavy atom. The first-order valence-corrected chi connectivity index (χ1v) is 9.92. The van der Waals surface area contributed by atoms with Crippen molar-refractivity contribution in [2.45, 2.75) is 6.04 Å². The number of rotatable bonds is 3. The van der Waals surface area contributed by atoms with Crippen LogP contribution >= 0.6 is 0 Å². The summed E-state index contributed by atoms with van der Waals surface area (Å²) in [6, 6.07) is 30.1. The highest BCUT2D eigenvalue weighted by molar-refractivity contribution is 6.51. The molecule has 0 radical (unpaired) electrons. The molecule has 3 aromatic carbocycles. The fourth-order valence-electron chi connectivity index (χ4n) is 4.30. The normalized spacial score (nSPS) is 21.2. The van der Waals surface area contributed by atoms with Crippen molar-refractivity contribution in [2.75, 3.05) is 18.0 Å². The van der Waals surface area contributed by atoms with Crippen LogP contribution < -0.4 is 4.90 Å². The molecule has 142 valence electrons. The lowest BCUT2D eigenvalue weighted by molar-refractivity contribution is -0.112. The van der Waals surface area contributed by atoms with Gasteiger partial charge in [-0.05, 0) is 23.3 Å². The van der Waals surface area contributed by atoms with Gasteiger partial charge in [0.05, 0.1) is 30.8 Å². The Morgan fingerprint density at radius 3 is 1.90 bits per heavy atom. The molecule has 4 nitrogen and oxygen atoms in total. The van der Waals surface area contributed by atoms with E-state index in [2.05, 4.69) is 24.3 Å². The molecule has 5 rings (SSSR count). The largest absolute Gasteiger partial charge is 0.299 e. The summed E-state index contributed by atoms with van der Waals surface area (Å²) in [5, 5.41) is 0. The highest BCUT2D eigenvalue weighted by Crippen LogP contribution is 2.42. The van der Waals surface area contributed by atoms with Gasteiger partial charge >= 0.3 is 0 Å². The average Bonchev–Trinajstić information content (AvgIpc) is 2.93. The number of amides is 1. The maximum Gasteiger partial charge on any atom is 0.273 e. The highest BCUT2D eigenvalue weighted by Gasteiger charge is 2.49. The molecule has 1 saturated heterocycles. The van der Waals surface area contributed by atoms with Crippen LogP contribution in [-0.2, 0) is 4.79 Å². The molecule has 3 aromatic rings. The lowest BCUT2D eigenvalue weighted by atomic mass is 9.85. The van der Waals surface area contributed by atoms with Crippen molar-refractivity contribution in [1.82, 2.24) is 0 Å². The molecule has 0 unspecified atom stereocenters. The smallest absolute Gasteiger partial charge is 0.273 e. The zero-order chi connectivity index (χ0) is 19.6. The first kappa shape index (κ1) is 17.6. The third-order valence-corrected chi connectivity index (χ3v) is 5.53. The number of nitrogens with zero attached hydrogens (tertiary/aromatic N) is 3. The van der Waals surface area contributed by atoms with Crippen LogP contribution in [0.2, 0.25) is 0 Å². The second-order valence-corrected chi connectivity index (χ2v) is 7.24. The minimum absolute atomic E-state index is 0.0272. The van der Waals surface area contributed by atoms with Gasteiger partial charge in [-0.1, -0.05) is 78.9 Å². The predicted octanol–water partition coefficient (Wildman–Crippen LogP) is 4.33. The van der Waals surface area contributed by atoms with E-state index in [1.165, 1.54) is 0 Å². The standard InChI is InChI=1S/C25H21N3O/c29-25-23-21(22(26-16-17-27-23)18-10-4-1-5-11-18)24(19-12-6-2-7-13-19)28(25)20-14-8-3-9-15-20/h1-15,21,24H,16-17H2/t21-,24-/m0/s1. The van der Waals surface area contributed by atoms with Crippen molar-refractivity contribution in [1.29, 1.82) is 0 Å². The lowest BCUT2D eigenvalue weighted by Gasteiger charge is -2.29. The second-order valence-electron chi connectivity index (χ2n) is 7.24. The number of carbonyl (C=O) groups is 1. The molecule has 0 bridgehead atoms. The lowest BCUT2D eigenvalue weighted by Crippen LogP contribution is -2.31. The van der Waals surface area contributed by atoms with Gasteiger partial charge in [-0.15, -0.1) is 0 Å². The van der Waals surface area contributed by atoms with Crippen molar-refractivity contribution >= 4 is 23.0 Å². The molecule has 0 N–H and O–H groups in total. The molecule has 0 saturated carbocycles. The van der Waals surface area contributed by atoms with E-state index in [-0.39, 0.29) is 17.9 Å². The quantitative estimate of drug-likeness (QED) is 0.668. The third kappa shape index (κ3) is 3.07. The van der Waals surface area contributed by atoms with Gasteiger partial charge in [0.25, 0.3) is 5.91 Å². The number of hydrogen-bond acceptors (Lipinski definition) is 3. The molecule has 2 aliphatic heterocycles. The fraction of sp³-hybridized carbons (Fsp3) is 0.160. The molecular formula is C25H21N3O.